The number of carbonyl (C=O) groups excluding carboxylic acids is 1. The van der Waals surface area contributed by atoms with Gasteiger partial charge in [0.25, 0.3) is 0 Å². The Labute approximate surface area is 63.6 Å². The summed E-state index contributed by atoms with van der Waals surface area (Å²) in [4.78, 5) is 10.5. The third kappa shape index (κ3) is 1.42. The summed E-state index contributed by atoms with van der Waals surface area (Å²) in [5.41, 5.74) is 0. The molecule has 0 N–H and O–H groups in total. The fraction of sp³-hybridized carbons (Fsp3) is 0.500. The lowest BCUT2D eigenvalue weighted by atomic mass is 10.4. The van der Waals surface area contributed by atoms with Gasteiger partial charge in [0.2, 0.25) is 0 Å². The van der Waals surface area contributed by atoms with Gasteiger partial charge in [0.1, 0.15) is 5.76 Å². The standard InChI is InChI=1S/C6H7ClO3/c1-4-5(2-7)10-6(8)3-9-4/h2-3H2,1H3. The van der Waals surface area contributed by atoms with Crippen LogP contribution in [0.25, 0.3) is 0 Å². The molecule has 0 aromatic rings. The molecule has 0 aromatic carbocycles. The van der Waals surface area contributed by atoms with E-state index >= 15 is 0 Å². The first-order valence-corrected chi connectivity index (χ1v) is 3.36. The summed E-state index contributed by atoms with van der Waals surface area (Å²) in [5, 5.41) is 0. The number of cyclic esters (lactones) is 1. The number of hydrogen-bond acceptors (Lipinski definition) is 3. The Kier molecular flexibility index (Phi) is 2.17. The molecule has 0 saturated carbocycles. The monoisotopic (exact) mass is 162 g/mol. The van der Waals surface area contributed by atoms with Gasteiger partial charge in [-0.25, -0.2) is 4.79 Å². The van der Waals surface area contributed by atoms with Gasteiger partial charge >= 0.3 is 5.97 Å². The van der Waals surface area contributed by atoms with Gasteiger partial charge in [-0.2, -0.15) is 0 Å². The first-order valence-electron chi connectivity index (χ1n) is 2.83. The smallest absolute Gasteiger partial charge is 0.349 e. The van der Waals surface area contributed by atoms with E-state index in [0.717, 1.165) is 0 Å². The number of carbonyl (C=O) groups is 1. The molecule has 1 heterocycles. The van der Waals surface area contributed by atoms with E-state index in [0.29, 0.717) is 11.5 Å². The zero-order valence-electron chi connectivity index (χ0n) is 5.52. The van der Waals surface area contributed by atoms with Crippen molar-refractivity contribution in [2.45, 2.75) is 6.92 Å². The molecule has 0 unspecified atom stereocenters. The van der Waals surface area contributed by atoms with E-state index in [9.17, 15) is 4.79 Å². The molecule has 1 rings (SSSR count). The minimum atomic E-state index is -0.388. The molecule has 0 spiro atoms. The summed E-state index contributed by atoms with van der Waals surface area (Å²) >= 11 is 5.43. The lowest BCUT2D eigenvalue weighted by Gasteiger charge is -2.15. The summed E-state index contributed by atoms with van der Waals surface area (Å²) in [6.07, 6.45) is 0. The first kappa shape index (κ1) is 7.41. The third-order valence-electron chi connectivity index (χ3n) is 1.16. The molecule has 3 nitrogen and oxygen atoms in total. The van der Waals surface area contributed by atoms with Crippen LogP contribution in [0.2, 0.25) is 0 Å². The molecule has 0 aliphatic carbocycles. The highest BCUT2D eigenvalue weighted by atomic mass is 35.5. The summed E-state index contributed by atoms with van der Waals surface area (Å²) in [6.45, 7) is 1.70. The van der Waals surface area contributed by atoms with Gasteiger partial charge in [-0.15, -0.1) is 11.6 Å². The average Bonchev–Trinajstić information content (AvgIpc) is 1.94. The number of esters is 1. The van der Waals surface area contributed by atoms with E-state index in [4.69, 9.17) is 21.1 Å². The van der Waals surface area contributed by atoms with Crippen molar-refractivity contribution >= 4 is 17.6 Å². The Hall–Kier alpha value is -0.700. The number of alkyl halides is 1. The van der Waals surface area contributed by atoms with E-state index < -0.39 is 0 Å². The van der Waals surface area contributed by atoms with Crippen molar-refractivity contribution in [1.82, 2.24) is 0 Å². The van der Waals surface area contributed by atoms with Crippen molar-refractivity contribution in [2.75, 3.05) is 12.5 Å². The fourth-order valence-corrected chi connectivity index (χ4v) is 0.851. The van der Waals surface area contributed by atoms with Crippen LogP contribution in [0.3, 0.4) is 0 Å². The molecule has 0 fully saturated rings. The molecule has 1 aliphatic heterocycles. The molecule has 0 amide bonds. The van der Waals surface area contributed by atoms with Crippen molar-refractivity contribution in [3.63, 3.8) is 0 Å². The number of ether oxygens (including phenoxy) is 2. The number of halogens is 1. The Morgan fingerprint density at radius 1 is 1.70 bits per heavy atom. The second-order valence-corrected chi connectivity index (χ2v) is 2.14. The quantitative estimate of drug-likeness (QED) is 0.427. The zero-order chi connectivity index (χ0) is 7.56. The maximum Gasteiger partial charge on any atom is 0.349 e. The maximum absolute atomic E-state index is 10.5. The molecule has 4 heteroatoms. The Morgan fingerprint density at radius 3 is 2.90 bits per heavy atom. The predicted molar refractivity (Wildman–Crippen MR) is 35.5 cm³/mol. The molecule has 0 atom stereocenters. The van der Waals surface area contributed by atoms with Crippen LogP contribution in [0.15, 0.2) is 11.5 Å². The summed E-state index contributed by atoms with van der Waals surface area (Å²) in [6, 6.07) is 0. The van der Waals surface area contributed by atoms with Gasteiger partial charge in [-0.05, 0) is 6.92 Å². The van der Waals surface area contributed by atoms with E-state index in [1.54, 1.807) is 6.92 Å². The Morgan fingerprint density at radius 2 is 2.40 bits per heavy atom. The molecule has 0 saturated heterocycles. The van der Waals surface area contributed by atoms with Crippen LogP contribution >= 0.6 is 11.6 Å². The van der Waals surface area contributed by atoms with Crippen molar-refractivity contribution in [1.29, 1.82) is 0 Å². The van der Waals surface area contributed by atoms with Crippen LogP contribution in [0.5, 0.6) is 0 Å². The summed E-state index contributed by atoms with van der Waals surface area (Å²) in [5.74, 6) is 0.797. The van der Waals surface area contributed by atoms with Crippen LogP contribution in [-0.4, -0.2) is 18.5 Å². The molecule has 0 bridgehead atoms. The molecular formula is C6H7ClO3. The highest BCUT2D eigenvalue weighted by Crippen LogP contribution is 2.14. The normalized spacial score (nSPS) is 18.4. The van der Waals surface area contributed by atoms with Crippen molar-refractivity contribution in [3.05, 3.63) is 11.5 Å². The molecule has 10 heavy (non-hydrogen) atoms. The maximum atomic E-state index is 10.5. The summed E-state index contributed by atoms with van der Waals surface area (Å²) < 4.78 is 9.65. The van der Waals surface area contributed by atoms with E-state index in [2.05, 4.69) is 0 Å². The highest BCUT2D eigenvalue weighted by molar-refractivity contribution is 6.19. The van der Waals surface area contributed by atoms with Gasteiger partial charge in [0.05, 0.1) is 5.88 Å². The average molecular weight is 163 g/mol. The van der Waals surface area contributed by atoms with Crippen LogP contribution in [0, 0.1) is 0 Å². The van der Waals surface area contributed by atoms with E-state index in [-0.39, 0.29) is 18.5 Å². The van der Waals surface area contributed by atoms with Crippen molar-refractivity contribution in [3.8, 4) is 0 Å². The zero-order valence-corrected chi connectivity index (χ0v) is 6.27. The lowest BCUT2D eigenvalue weighted by molar-refractivity contribution is -0.147. The topological polar surface area (TPSA) is 35.5 Å². The number of allylic oxidation sites excluding steroid dienone is 2. The van der Waals surface area contributed by atoms with Crippen LogP contribution in [-0.2, 0) is 14.3 Å². The molecule has 1 aliphatic rings. The number of hydrogen-bond donors (Lipinski definition) is 0. The van der Waals surface area contributed by atoms with Gasteiger partial charge in [0.15, 0.2) is 12.4 Å². The van der Waals surface area contributed by atoms with E-state index in [1.807, 2.05) is 0 Å². The van der Waals surface area contributed by atoms with Crippen molar-refractivity contribution < 1.29 is 14.3 Å². The second kappa shape index (κ2) is 2.92. The van der Waals surface area contributed by atoms with Crippen LogP contribution < -0.4 is 0 Å². The molecule has 56 valence electrons. The third-order valence-corrected chi connectivity index (χ3v) is 1.40. The van der Waals surface area contributed by atoms with Crippen LogP contribution in [0.1, 0.15) is 6.92 Å². The largest absolute Gasteiger partial charge is 0.483 e. The highest BCUT2D eigenvalue weighted by Gasteiger charge is 2.16. The predicted octanol–water partition coefficient (Wildman–Crippen LogP) is 1.03. The van der Waals surface area contributed by atoms with Gasteiger partial charge in [-0.1, -0.05) is 0 Å². The second-order valence-electron chi connectivity index (χ2n) is 1.88. The first-order chi connectivity index (χ1) is 4.74. The minimum Gasteiger partial charge on any atom is -0.483 e. The minimum absolute atomic E-state index is 0.00772. The number of rotatable bonds is 1. The van der Waals surface area contributed by atoms with Crippen molar-refractivity contribution in [2.24, 2.45) is 0 Å². The van der Waals surface area contributed by atoms with Gasteiger partial charge in [0, 0.05) is 0 Å². The van der Waals surface area contributed by atoms with Gasteiger partial charge < -0.3 is 9.47 Å². The fourth-order valence-electron chi connectivity index (χ4n) is 0.608. The molecule has 0 radical (unpaired) electrons. The summed E-state index contributed by atoms with van der Waals surface area (Å²) in [7, 11) is 0. The molecule has 0 aromatic heterocycles. The van der Waals surface area contributed by atoms with Crippen LogP contribution in [0.4, 0.5) is 0 Å². The lowest BCUT2D eigenvalue weighted by Crippen LogP contribution is -2.19. The Bertz CT molecular complexity index is 185. The Balaban J connectivity index is 2.72. The van der Waals surface area contributed by atoms with Gasteiger partial charge in [-0.3, -0.25) is 0 Å². The SMILES string of the molecule is CC1=C(CCl)OC(=O)CO1. The van der Waals surface area contributed by atoms with E-state index in [1.165, 1.54) is 0 Å². The molecular weight excluding hydrogens is 156 g/mol.